The monoisotopic (exact) mass is 1090 g/mol. The summed E-state index contributed by atoms with van der Waals surface area (Å²) >= 11 is 0. The van der Waals surface area contributed by atoms with Gasteiger partial charge < -0.3 is 14.2 Å². The molecule has 1 unspecified atom stereocenters. The van der Waals surface area contributed by atoms with Gasteiger partial charge in [-0.3, -0.25) is 14.4 Å². The smallest absolute Gasteiger partial charge is 0.306 e. The Labute approximate surface area is 487 Å². The molecular weight excluding hydrogens is 973 g/mol. The quantitative estimate of drug-likeness (QED) is 0.0261. The molecule has 0 aliphatic rings. The first-order valence-corrected chi connectivity index (χ1v) is 32.3. The van der Waals surface area contributed by atoms with Crippen LogP contribution in [0.4, 0.5) is 0 Å². The molecular formula is C73H118O6. The fourth-order valence-electron chi connectivity index (χ4n) is 8.50. The molecule has 0 saturated heterocycles. The van der Waals surface area contributed by atoms with Crippen molar-refractivity contribution in [3.8, 4) is 0 Å². The van der Waals surface area contributed by atoms with Crippen molar-refractivity contribution in [1.82, 2.24) is 0 Å². The summed E-state index contributed by atoms with van der Waals surface area (Å²) in [5.41, 5.74) is 0. The third kappa shape index (κ3) is 64.0. The number of carbonyl (C=O) groups is 3. The highest BCUT2D eigenvalue weighted by molar-refractivity contribution is 5.71. The van der Waals surface area contributed by atoms with Crippen molar-refractivity contribution < 1.29 is 28.6 Å². The maximum Gasteiger partial charge on any atom is 0.306 e. The molecule has 0 radical (unpaired) electrons. The van der Waals surface area contributed by atoms with E-state index in [-0.39, 0.29) is 31.1 Å². The van der Waals surface area contributed by atoms with Gasteiger partial charge in [0.2, 0.25) is 0 Å². The van der Waals surface area contributed by atoms with E-state index in [9.17, 15) is 14.4 Å². The summed E-state index contributed by atoms with van der Waals surface area (Å²) in [6.45, 7) is 6.45. The molecule has 6 nitrogen and oxygen atoms in total. The highest BCUT2D eigenvalue weighted by Gasteiger charge is 2.19. The van der Waals surface area contributed by atoms with E-state index in [0.717, 1.165) is 128 Å². The lowest BCUT2D eigenvalue weighted by molar-refractivity contribution is -0.167. The Bertz CT molecular complexity index is 1730. The van der Waals surface area contributed by atoms with E-state index in [0.29, 0.717) is 25.7 Å². The molecule has 0 amide bonds. The van der Waals surface area contributed by atoms with Crippen LogP contribution in [0.15, 0.2) is 146 Å². The highest BCUT2D eigenvalue weighted by Crippen LogP contribution is 2.14. The molecule has 1 atom stereocenters. The second-order valence-corrected chi connectivity index (χ2v) is 20.9. The molecule has 0 fully saturated rings. The Morgan fingerprint density at radius 1 is 0.266 bits per heavy atom. The zero-order valence-electron chi connectivity index (χ0n) is 51.1. The molecule has 0 aromatic carbocycles. The molecule has 0 N–H and O–H groups in total. The number of rotatable bonds is 57. The maximum absolute atomic E-state index is 12.9. The molecule has 0 aromatic heterocycles. The summed E-state index contributed by atoms with van der Waals surface area (Å²) < 4.78 is 16.8. The number of allylic oxidation sites excluding steroid dienone is 24. The van der Waals surface area contributed by atoms with Crippen LogP contribution in [-0.2, 0) is 28.6 Å². The summed E-state index contributed by atoms with van der Waals surface area (Å²) in [7, 11) is 0. The Morgan fingerprint density at radius 3 is 0.810 bits per heavy atom. The Morgan fingerprint density at radius 2 is 0.494 bits per heavy atom. The standard InChI is InChI=1S/C73H118O6/c1-4-7-10-13-16-19-22-24-26-28-30-31-32-33-34-35-36-37-38-39-40-41-42-43-44-46-47-49-51-54-57-60-63-66-72(75)78-69-70(68-77-71(74)65-62-59-56-53-21-18-15-12-9-6-3)79-73(76)67-64-61-58-55-52-50-48-45-29-27-25-23-20-17-14-11-8-5-2/h7,10,16,19-20,23-24,26-27,29-31,33-34,36-37,39-40,42-43,46-47,51,54,70H,4-6,8-9,11-15,17-18,21-22,25,28,32,35,38,41,44-45,48-50,52-53,55-69H2,1-3H3/b10-7-,19-16-,23-20-,26-24-,29-27-,31-30-,34-33-,37-36-,40-39-,43-42-,47-46-,54-51-. The van der Waals surface area contributed by atoms with Crippen molar-refractivity contribution in [2.45, 2.75) is 284 Å². The molecule has 0 saturated carbocycles. The molecule has 6 heteroatoms. The van der Waals surface area contributed by atoms with E-state index in [1.54, 1.807) is 0 Å². The van der Waals surface area contributed by atoms with Gasteiger partial charge in [0.25, 0.3) is 0 Å². The number of hydrogen-bond acceptors (Lipinski definition) is 6. The van der Waals surface area contributed by atoms with Crippen molar-refractivity contribution >= 4 is 17.9 Å². The fourth-order valence-corrected chi connectivity index (χ4v) is 8.50. The molecule has 0 aromatic rings. The van der Waals surface area contributed by atoms with Crippen LogP contribution in [0.2, 0.25) is 0 Å². The van der Waals surface area contributed by atoms with Crippen LogP contribution < -0.4 is 0 Å². The largest absolute Gasteiger partial charge is 0.462 e. The number of ether oxygens (including phenoxy) is 3. The van der Waals surface area contributed by atoms with Gasteiger partial charge in [0.1, 0.15) is 13.2 Å². The first-order chi connectivity index (χ1) is 39.0. The zero-order chi connectivity index (χ0) is 57.1. The SMILES string of the molecule is CC/C=C\C/C=C\C/C=C\C/C=C\C/C=C\C/C=C\C/C=C\C/C=C\C/C=C\C/C=C\CCCCC(=O)OCC(COC(=O)CCCCCCCCCCCC)OC(=O)CCCCCCCCC/C=C\C/C=C\CCCCCC. The minimum Gasteiger partial charge on any atom is -0.462 e. The van der Waals surface area contributed by atoms with E-state index in [4.69, 9.17) is 14.2 Å². The summed E-state index contributed by atoms with van der Waals surface area (Å²) in [4.78, 5) is 38.2. The first kappa shape index (κ1) is 74.3. The maximum atomic E-state index is 12.9. The predicted octanol–water partition coefficient (Wildman–Crippen LogP) is 22.3. The van der Waals surface area contributed by atoms with Gasteiger partial charge in [-0.15, -0.1) is 0 Å². The van der Waals surface area contributed by atoms with Crippen molar-refractivity contribution in [3.05, 3.63) is 146 Å². The molecule has 79 heavy (non-hydrogen) atoms. The second kappa shape index (κ2) is 65.8. The zero-order valence-corrected chi connectivity index (χ0v) is 51.1. The number of esters is 3. The van der Waals surface area contributed by atoms with Gasteiger partial charge in [0.15, 0.2) is 6.10 Å². The van der Waals surface area contributed by atoms with Crippen LogP contribution in [0.1, 0.15) is 278 Å². The van der Waals surface area contributed by atoms with Gasteiger partial charge in [-0.05, 0) is 128 Å². The minimum absolute atomic E-state index is 0.0974. The van der Waals surface area contributed by atoms with Gasteiger partial charge in [-0.1, -0.05) is 276 Å². The summed E-state index contributed by atoms with van der Waals surface area (Å²) in [6, 6.07) is 0. The summed E-state index contributed by atoms with van der Waals surface area (Å²) in [6.07, 6.45) is 94.3. The van der Waals surface area contributed by atoms with Crippen LogP contribution in [0.3, 0.4) is 0 Å². The minimum atomic E-state index is -0.804. The van der Waals surface area contributed by atoms with Gasteiger partial charge in [-0.2, -0.15) is 0 Å². The van der Waals surface area contributed by atoms with Gasteiger partial charge in [0, 0.05) is 19.3 Å². The van der Waals surface area contributed by atoms with E-state index < -0.39 is 6.10 Å². The number of hydrogen-bond donors (Lipinski definition) is 0. The lowest BCUT2D eigenvalue weighted by atomic mass is 10.1. The number of unbranched alkanes of at least 4 members (excludes halogenated alkanes) is 22. The van der Waals surface area contributed by atoms with E-state index in [1.807, 2.05) is 0 Å². The molecule has 0 aliphatic carbocycles. The van der Waals surface area contributed by atoms with Crippen LogP contribution >= 0.6 is 0 Å². The van der Waals surface area contributed by atoms with Gasteiger partial charge in [-0.25, -0.2) is 0 Å². The van der Waals surface area contributed by atoms with E-state index in [2.05, 4.69) is 167 Å². The normalized spacial score (nSPS) is 13.1. The molecule has 0 aliphatic heterocycles. The third-order valence-corrected chi connectivity index (χ3v) is 13.3. The Balaban J connectivity index is 4.35. The fraction of sp³-hybridized carbons (Fsp3) is 0.630. The van der Waals surface area contributed by atoms with Crippen LogP contribution in [-0.4, -0.2) is 37.2 Å². The lowest BCUT2D eigenvalue weighted by Crippen LogP contribution is -2.30. The van der Waals surface area contributed by atoms with Crippen LogP contribution in [0.25, 0.3) is 0 Å². The first-order valence-electron chi connectivity index (χ1n) is 32.3. The van der Waals surface area contributed by atoms with Crippen molar-refractivity contribution in [2.75, 3.05) is 13.2 Å². The van der Waals surface area contributed by atoms with Crippen molar-refractivity contribution in [2.24, 2.45) is 0 Å². The highest BCUT2D eigenvalue weighted by atomic mass is 16.6. The Kier molecular flexibility index (Phi) is 61.9. The third-order valence-electron chi connectivity index (χ3n) is 13.3. The van der Waals surface area contributed by atoms with Crippen LogP contribution in [0, 0.1) is 0 Å². The lowest BCUT2D eigenvalue weighted by Gasteiger charge is -2.18. The summed E-state index contributed by atoms with van der Waals surface area (Å²) in [5, 5.41) is 0. The molecule has 0 bridgehead atoms. The van der Waals surface area contributed by atoms with E-state index >= 15 is 0 Å². The molecule has 446 valence electrons. The molecule has 0 heterocycles. The average Bonchev–Trinajstić information content (AvgIpc) is 3.45. The van der Waals surface area contributed by atoms with Crippen LogP contribution in [0.5, 0.6) is 0 Å². The van der Waals surface area contributed by atoms with E-state index in [1.165, 1.54) is 103 Å². The predicted molar refractivity (Wildman–Crippen MR) is 343 cm³/mol. The topological polar surface area (TPSA) is 78.9 Å². The van der Waals surface area contributed by atoms with Gasteiger partial charge in [0.05, 0.1) is 0 Å². The number of carbonyl (C=O) groups excluding carboxylic acids is 3. The summed E-state index contributed by atoms with van der Waals surface area (Å²) in [5.74, 6) is -0.953. The van der Waals surface area contributed by atoms with Crippen molar-refractivity contribution in [3.63, 3.8) is 0 Å². The Hall–Kier alpha value is -4.71. The average molecular weight is 1090 g/mol. The second-order valence-electron chi connectivity index (χ2n) is 20.9. The molecule has 0 rings (SSSR count). The van der Waals surface area contributed by atoms with Gasteiger partial charge >= 0.3 is 17.9 Å². The van der Waals surface area contributed by atoms with Crippen molar-refractivity contribution in [1.29, 1.82) is 0 Å². The molecule has 0 spiro atoms.